The number of hydrogen-bond acceptors (Lipinski definition) is 10. The Labute approximate surface area is 195 Å². The van der Waals surface area contributed by atoms with Crippen LogP contribution in [-0.4, -0.2) is 54.7 Å². The van der Waals surface area contributed by atoms with E-state index in [0.717, 1.165) is 24.5 Å². The maximum absolute atomic E-state index is 6.47. The monoisotopic (exact) mass is 451 g/mol. The maximum Gasteiger partial charge on any atom is 0.215 e. The topological polar surface area (TPSA) is 121 Å². The number of hydrazine groups is 1. The number of hydrazone groups is 2. The second kappa shape index (κ2) is 11.3. The fourth-order valence-electron chi connectivity index (χ4n) is 3.73. The Bertz CT molecular complexity index is 1010. The standard InChI is InChI=1S/C23H33N9O/c1-5-28-32(26-3)18-11-12-27-22(15-18)33-16-21(30(4)25)23(24)19-9-10-20(17(2)29-19)31-13-7-6-8-14-31/h5,9-12,15H,3,6-8,13-14,16,24-25H2,1-2,4H3/b23-21-,28-5-. The van der Waals surface area contributed by atoms with Gasteiger partial charge in [0.25, 0.3) is 0 Å². The molecule has 0 atom stereocenters. The first-order chi connectivity index (χ1) is 15.9. The molecule has 176 valence electrons. The van der Waals surface area contributed by atoms with Crippen molar-refractivity contribution in [3.63, 3.8) is 0 Å². The molecule has 0 aromatic carbocycles. The molecule has 3 heterocycles. The van der Waals surface area contributed by atoms with Crippen LogP contribution in [0.1, 0.15) is 37.6 Å². The molecule has 1 fully saturated rings. The van der Waals surface area contributed by atoms with Gasteiger partial charge in [-0.1, -0.05) is 0 Å². The van der Waals surface area contributed by atoms with Crippen LogP contribution in [0.2, 0.25) is 0 Å². The zero-order valence-corrected chi connectivity index (χ0v) is 19.6. The van der Waals surface area contributed by atoms with E-state index < -0.39 is 0 Å². The molecule has 0 spiro atoms. The van der Waals surface area contributed by atoms with E-state index in [1.807, 2.05) is 13.0 Å². The number of nitrogens with two attached hydrogens (primary N) is 2. The highest BCUT2D eigenvalue weighted by molar-refractivity contribution is 5.65. The van der Waals surface area contributed by atoms with Gasteiger partial charge in [0.15, 0.2) is 0 Å². The summed E-state index contributed by atoms with van der Waals surface area (Å²) in [5.74, 6) is 6.45. The zero-order chi connectivity index (χ0) is 23.8. The summed E-state index contributed by atoms with van der Waals surface area (Å²) in [5.41, 5.74) is 10.9. The quantitative estimate of drug-likeness (QED) is 0.339. The second-order valence-corrected chi connectivity index (χ2v) is 7.77. The van der Waals surface area contributed by atoms with E-state index in [1.165, 1.54) is 29.4 Å². The minimum atomic E-state index is 0.114. The molecule has 0 aliphatic carbocycles. The van der Waals surface area contributed by atoms with Crippen molar-refractivity contribution >= 4 is 30.0 Å². The number of anilines is 2. The number of aromatic nitrogens is 2. The van der Waals surface area contributed by atoms with E-state index in [0.29, 0.717) is 28.7 Å². The number of likely N-dealkylation sites (N-methyl/N-ethyl adjacent to an activating group) is 1. The van der Waals surface area contributed by atoms with E-state index in [1.54, 1.807) is 38.5 Å². The highest BCUT2D eigenvalue weighted by Gasteiger charge is 2.17. The molecule has 0 saturated carbocycles. The predicted octanol–water partition coefficient (Wildman–Crippen LogP) is 2.71. The summed E-state index contributed by atoms with van der Waals surface area (Å²) in [6.07, 6.45) is 6.94. The molecule has 0 amide bonds. The van der Waals surface area contributed by atoms with Crippen molar-refractivity contribution < 1.29 is 4.74 Å². The van der Waals surface area contributed by atoms with Crippen LogP contribution in [0.4, 0.5) is 11.4 Å². The summed E-state index contributed by atoms with van der Waals surface area (Å²) in [6.45, 7) is 9.57. The molecule has 1 aliphatic rings. The van der Waals surface area contributed by atoms with Crippen molar-refractivity contribution in [3.8, 4) is 5.88 Å². The van der Waals surface area contributed by atoms with Crippen molar-refractivity contribution in [2.24, 2.45) is 21.8 Å². The molecule has 1 saturated heterocycles. The van der Waals surface area contributed by atoms with Crippen LogP contribution < -0.4 is 26.3 Å². The van der Waals surface area contributed by atoms with E-state index in [2.05, 4.69) is 32.9 Å². The Morgan fingerprint density at radius 1 is 1.27 bits per heavy atom. The average Bonchev–Trinajstić information content (AvgIpc) is 2.83. The van der Waals surface area contributed by atoms with Gasteiger partial charge < -0.3 is 20.4 Å². The number of piperidine rings is 1. The van der Waals surface area contributed by atoms with Crippen LogP contribution in [0.3, 0.4) is 0 Å². The predicted molar refractivity (Wildman–Crippen MR) is 134 cm³/mol. The molecule has 10 nitrogen and oxygen atoms in total. The molecule has 2 aromatic heterocycles. The van der Waals surface area contributed by atoms with Gasteiger partial charge >= 0.3 is 0 Å². The lowest BCUT2D eigenvalue weighted by Crippen LogP contribution is -2.32. The number of pyridine rings is 2. The summed E-state index contributed by atoms with van der Waals surface area (Å²) >= 11 is 0. The summed E-state index contributed by atoms with van der Waals surface area (Å²) in [7, 11) is 1.71. The zero-order valence-electron chi connectivity index (χ0n) is 19.6. The van der Waals surface area contributed by atoms with E-state index in [-0.39, 0.29) is 6.61 Å². The van der Waals surface area contributed by atoms with E-state index in [4.69, 9.17) is 21.3 Å². The van der Waals surface area contributed by atoms with E-state index >= 15 is 0 Å². The Morgan fingerprint density at radius 2 is 2.03 bits per heavy atom. The second-order valence-electron chi connectivity index (χ2n) is 7.77. The van der Waals surface area contributed by atoms with Gasteiger partial charge in [-0.2, -0.15) is 15.3 Å². The third-order valence-corrected chi connectivity index (χ3v) is 5.43. The van der Waals surface area contributed by atoms with Crippen LogP contribution in [0, 0.1) is 6.92 Å². The third kappa shape index (κ3) is 5.98. The van der Waals surface area contributed by atoms with Crippen molar-refractivity contribution in [2.45, 2.75) is 33.1 Å². The molecular weight excluding hydrogens is 418 g/mol. The molecule has 0 radical (unpaired) electrons. The maximum atomic E-state index is 6.47. The molecule has 33 heavy (non-hydrogen) atoms. The lowest BCUT2D eigenvalue weighted by molar-refractivity contribution is 0.287. The molecule has 3 rings (SSSR count). The third-order valence-electron chi connectivity index (χ3n) is 5.43. The number of hydrogen-bond donors (Lipinski definition) is 2. The van der Waals surface area contributed by atoms with Crippen molar-refractivity contribution in [2.75, 3.05) is 36.8 Å². The number of aryl methyl sites for hydroxylation is 1. The van der Waals surface area contributed by atoms with Crippen molar-refractivity contribution in [1.29, 1.82) is 0 Å². The first-order valence-electron chi connectivity index (χ1n) is 11.0. The fourth-order valence-corrected chi connectivity index (χ4v) is 3.73. The van der Waals surface area contributed by atoms with Crippen LogP contribution in [-0.2, 0) is 0 Å². The lowest BCUT2D eigenvalue weighted by atomic mass is 10.1. The Morgan fingerprint density at radius 3 is 2.67 bits per heavy atom. The minimum absolute atomic E-state index is 0.114. The molecule has 10 heteroatoms. The Kier molecular flexibility index (Phi) is 8.20. The summed E-state index contributed by atoms with van der Waals surface area (Å²) in [5, 5.41) is 10.8. The Hall–Kier alpha value is -3.66. The average molecular weight is 452 g/mol. The van der Waals surface area contributed by atoms with Gasteiger partial charge in [0.2, 0.25) is 5.88 Å². The first-order valence-corrected chi connectivity index (χ1v) is 11.0. The number of nitrogens with zero attached hydrogens (tertiary/aromatic N) is 7. The van der Waals surface area contributed by atoms with Gasteiger partial charge in [-0.05, 0) is 51.3 Å². The largest absolute Gasteiger partial charge is 0.471 e. The molecule has 0 unspecified atom stereocenters. The van der Waals surface area contributed by atoms with Crippen LogP contribution in [0.5, 0.6) is 5.88 Å². The van der Waals surface area contributed by atoms with Crippen molar-refractivity contribution in [1.82, 2.24) is 15.0 Å². The van der Waals surface area contributed by atoms with Crippen LogP contribution >= 0.6 is 0 Å². The summed E-state index contributed by atoms with van der Waals surface area (Å²) in [6, 6.07) is 7.49. The summed E-state index contributed by atoms with van der Waals surface area (Å²) in [4.78, 5) is 11.4. The molecule has 4 N–H and O–H groups in total. The number of ether oxygens (including phenoxy) is 1. The molecular formula is C23H33N9O. The molecule has 1 aliphatic heterocycles. The van der Waals surface area contributed by atoms with Gasteiger partial charge in [-0.25, -0.2) is 15.8 Å². The fraction of sp³-hybridized carbons (Fsp3) is 0.391. The normalized spacial score (nSPS) is 14.7. The van der Waals surface area contributed by atoms with Crippen LogP contribution in [0.25, 0.3) is 5.70 Å². The lowest BCUT2D eigenvalue weighted by Gasteiger charge is -2.30. The van der Waals surface area contributed by atoms with Gasteiger partial charge in [0, 0.05) is 45.3 Å². The van der Waals surface area contributed by atoms with Crippen molar-refractivity contribution in [3.05, 3.63) is 47.5 Å². The highest BCUT2D eigenvalue weighted by atomic mass is 16.5. The SMILES string of the molecule is C=NN(/N=C\C)c1ccnc(OC/C(=C(/N)c2ccc(N3CCCCC3)c(C)n2)N(C)N)c1. The highest BCUT2D eigenvalue weighted by Crippen LogP contribution is 2.25. The Balaban J connectivity index is 1.80. The van der Waals surface area contributed by atoms with Gasteiger partial charge in [-0.15, -0.1) is 0 Å². The minimum Gasteiger partial charge on any atom is -0.471 e. The van der Waals surface area contributed by atoms with Crippen LogP contribution in [0.15, 0.2) is 46.4 Å². The van der Waals surface area contributed by atoms with Gasteiger partial charge in [0.1, 0.15) is 6.61 Å². The van der Waals surface area contributed by atoms with Gasteiger partial charge in [-0.3, -0.25) is 0 Å². The van der Waals surface area contributed by atoms with E-state index in [9.17, 15) is 0 Å². The smallest absolute Gasteiger partial charge is 0.215 e. The first kappa shape index (κ1) is 24.0. The van der Waals surface area contributed by atoms with Gasteiger partial charge in [0.05, 0.1) is 34.2 Å². The molecule has 0 bridgehead atoms. The summed E-state index contributed by atoms with van der Waals surface area (Å²) < 4.78 is 5.89. The number of rotatable bonds is 9. The molecule has 2 aromatic rings.